The lowest BCUT2D eigenvalue weighted by atomic mass is 9.98. The van der Waals surface area contributed by atoms with E-state index in [4.69, 9.17) is 0 Å². The number of nitrogens with zero attached hydrogens (tertiary/aromatic N) is 6. The summed E-state index contributed by atoms with van der Waals surface area (Å²) in [5.41, 5.74) is 0. The van der Waals surface area contributed by atoms with Crippen molar-refractivity contribution in [2.75, 3.05) is 18.4 Å². The largest absolute Gasteiger partial charge is 0.352 e. The number of carbonyl (C=O) groups excluding carboxylic acids is 1. The van der Waals surface area contributed by atoms with Crippen molar-refractivity contribution in [3.8, 4) is 0 Å². The molecule has 2 aromatic rings. The predicted molar refractivity (Wildman–Crippen MR) is 79.8 cm³/mol. The third-order valence-corrected chi connectivity index (χ3v) is 3.37. The molecule has 0 aliphatic carbocycles. The molecule has 9 nitrogen and oxygen atoms in total. The second-order valence-corrected chi connectivity index (χ2v) is 4.91. The number of aromatic nitrogens is 6. The summed E-state index contributed by atoms with van der Waals surface area (Å²) in [4.78, 5) is 20.5. The van der Waals surface area contributed by atoms with Crippen molar-refractivity contribution in [2.24, 2.45) is 5.92 Å². The van der Waals surface area contributed by atoms with E-state index in [1.807, 2.05) is 13.8 Å². The third-order valence-electron chi connectivity index (χ3n) is 3.37. The van der Waals surface area contributed by atoms with E-state index in [2.05, 4.69) is 36.1 Å². The van der Waals surface area contributed by atoms with Gasteiger partial charge in [0.05, 0.1) is 0 Å². The summed E-state index contributed by atoms with van der Waals surface area (Å²) in [6, 6.07) is 1.34. The number of rotatable bonds is 8. The Labute approximate surface area is 128 Å². The summed E-state index contributed by atoms with van der Waals surface area (Å²) in [5, 5.41) is 17.0. The van der Waals surface area contributed by atoms with Gasteiger partial charge >= 0.3 is 0 Å². The molecular weight excluding hydrogens is 284 g/mol. The molecule has 0 spiro atoms. The van der Waals surface area contributed by atoms with Gasteiger partial charge in [0.1, 0.15) is 12.4 Å². The molecule has 0 aliphatic heterocycles. The second-order valence-electron chi connectivity index (χ2n) is 4.91. The van der Waals surface area contributed by atoms with Gasteiger partial charge in [-0.25, -0.2) is 14.6 Å². The van der Waals surface area contributed by atoms with Crippen molar-refractivity contribution < 1.29 is 4.79 Å². The van der Waals surface area contributed by atoms with Crippen LogP contribution >= 0.6 is 0 Å². The molecule has 2 N–H and O–H groups in total. The summed E-state index contributed by atoms with van der Waals surface area (Å²) in [6.07, 6.45) is 5.63. The standard InChI is InChI=1S/C13H20N8O/c1-3-10(2)11(21-9-18-19-20-21)12(22)14-7-8-17-13-15-5-4-6-16-13/h4-6,9-11H,3,7-8H2,1-2H3,(H,14,22)(H,15,16,17). The van der Waals surface area contributed by atoms with E-state index in [9.17, 15) is 4.79 Å². The number of tetrazole rings is 1. The van der Waals surface area contributed by atoms with E-state index in [0.29, 0.717) is 19.0 Å². The normalized spacial score (nSPS) is 13.4. The number of hydrogen-bond acceptors (Lipinski definition) is 7. The molecule has 0 fully saturated rings. The van der Waals surface area contributed by atoms with Gasteiger partial charge in [0.25, 0.3) is 0 Å². The summed E-state index contributed by atoms with van der Waals surface area (Å²) < 4.78 is 1.50. The van der Waals surface area contributed by atoms with Gasteiger partial charge in [0.2, 0.25) is 11.9 Å². The van der Waals surface area contributed by atoms with Crippen LogP contribution in [0.25, 0.3) is 0 Å². The number of carbonyl (C=O) groups is 1. The van der Waals surface area contributed by atoms with Gasteiger partial charge in [0.15, 0.2) is 0 Å². The average Bonchev–Trinajstić information content (AvgIpc) is 3.06. The lowest BCUT2D eigenvalue weighted by Crippen LogP contribution is -2.38. The Balaban J connectivity index is 1.84. The predicted octanol–water partition coefficient (Wildman–Crippen LogP) is 0.279. The van der Waals surface area contributed by atoms with Crippen LogP contribution in [-0.4, -0.2) is 49.2 Å². The summed E-state index contributed by atoms with van der Waals surface area (Å²) in [7, 11) is 0. The fourth-order valence-corrected chi connectivity index (χ4v) is 2.01. The van der Waals surface area contributed by atoms with Crippen LogP contribution in [0.5, 0.6) is 0 Å². The highest BCUT2D eigenvalue weighted by Gasteiger charge is 2.26. The van der Waals surface area contributed by atoms with Crippen LogP contribution in [0.4, 0.5) is 5.95 Å². The van der Waals surface area contributed by atoms with E-state index in [-0.39, 0.29) is 11.8 Å². The molecule has 0 saturated heterocycles. The minimum atomic E-state index is -0.409. The summed E-state index contributed by atoms with van der Waals surface area (Å²) >= 11 is 0. The second kappa shape index (κ2) is 8.01. The first-order valence-electron chi connectivity index (χ1n) is 7.23. The van der Waals surface area contributed by atoms with Crippen LogP contribution in [-0.2, 0) is 4.79 Å². The molecule has 0 bridgehead atoms. The highest BCUT2D eigenvalue weighted by atomic mass is 16.2. The fraction of sp³-hybridized carbons (Fsp3) is 0.538. The van der Waals surface area contributed by atoms with Crippen molar-refractivity contribution >= 4 is 11.9 Å². The maximum atomic E-state index is 12.4. The van der Waals surface area contributed by atoms with Crippen LogP contribution in [0, 0.1) is 5.92 Å². The fourth-order valence-electron chi connectivity index (χ4n) is 2.01. The topological polar surface area (TPSA) is 111 Å². The minimum Gasteiger partial charge on any atom is -0.352 e. The number of anilines is 1. The van der Waals surface area contributed by atoms with E-state index >= 15 is 0 Å². The Morgan fingerprint density at radius 3 is 2.73 bits per heavy atom. The highest BCUT2D eigenvalue weighted by Crippen LogP contribution is 2.19. The molecule has 2 heterocycles. The van der Waals surface area contributed by atoms with Gasteiger partial charge in [-0.15, -0.1) is 5.10 Å². The molecule has 0 aliphatic rings. The smallest absolute Gasteiger partial charge is 0.245 e. The summed E-state index contributed by atoms with van der Waals surface area (Å²) in [6.45, 7) is 5.04. The van der Waals surface area contributed by atoms with Crippen LogP contribution in [0.2, 0.25) is 0 Å². The van der Waals surface area contributed by atoms with E-state index < -0.39 is 6.04 Å². The average molecular weight is 304 g/mol. The number of hydrogen-bond donors (Lipinski definition) is 2. The first kappa shape index (κ1) is 15.8. The summed E-state index contributed by atoms with van der Waals surface area (Å²) in [5.74, 6) is 0.571. The molecule has 2 atom stereocenters. The Morgan fingerprint density at radius 1 is 1.32 bits per heavy atom. The SMILES string of the molecule is CCC(C)C(C(=O)NCCNc1ncccn1)n1cnnn1. The Bertz CT molecular complexity index is 559. The highest BCUT2D eigenvalue weighted by molar-refractivity contribution is 5.80. The quantitative estimate of drug-likeness (QED) is 0.674. The van der Waals surface area contributed by atoms with Crippen molar-refractivity contribution in [1.82, 2.24) is 35.5 Å². The molecule has 9 heteroatoms. The lowest BCUT2D eigenvalue weighted by molar-refractivity contribution is -0.126. The van der Waals surface area contributed by atoms with Crippen molar-refractivity contribution in [3.63, 3.8) is 0 Å². The van der Waals surface area contributed by atoms with Gasteiger partial charge in [-0.2, -0.15) is 0 Å². The number of amides is 1. The zero-order valence-electron chi connectivity index (χ0n) is 12.7. The van der Waals surface area contributed by atoms with E-state index in [1.165, 1.54) is 11.0 Å². The molecule has 118 valence electrons. The van der Waals surface area contributed by atoms with Gasteiger partial charge in [-0.05, 0) is 22.4 Å². The van der Waals surface area contributed by atoms with Crippen molar-refractivity contribution in [2.45, 2.75) is 26.3 Å². The van der Waals surface area contributed by atoms with E-state index in [1.54, 1.807) is 18.5 Å². The Morgan fingerprint density at radius 2 is 2.09 bits per heavy atom. The van der Waals surface area contributed by atoms with Gasteiger partial charge < -0.3 is 10.6 Å². The lowest BCUT2D eigenvalue weighted by Gasteiger charge is -2.21. The first-order chi connectivity index (χ1) is 10.7. The molecule has 22 heavy (non-hydrogen) atoms. The van der Waals surface area contributed by atoms with Crippen LogP contribution in [0.3, 0.4) is 0 Å². The van der Waals surface area contributed by atoms with Crippen molar-refractivity contribution in [3.05, 3.63) is 24.8 Å². The van der Waals surface area contributed by atoms with Crippen molar-refractivity contribution in [1.29, 1.82) is 0 Å². The zero-order valence-corrected chi connectivity index (χ0v) is 12.7. The zero-order chi connectivity index (χ0) is 15.8. The van der Waals surface area contributed by atoms with Crippen LogP contribution in [0.15, 0.2) is 24.8 Å². The molecule has 0 aromatic carbocycles. The third kappa shape index (κ3) is 4.21. The Kier molecular flexibility index (Phi) is 5.75. The molecule has 2 rings (SSSR count). The maximum Gasteiger partial charge on any atom is 0.245 e. The van der Waals surface area contributed by atoms with E-state index in [0.717, 1.165) is 6.42 Å². The minimum absolute atomic E-state index is 0.0996. The molecular formula is C13H20N8O. The van der Waals surface area contributed by atoms with Crippen LogP contribution < -0.4 is 10.6 Å². The molecule has 0 saturated carbocycles. The van der Waals surface area contributed by atoms with Crippen LogP contribution in [0.1, 0.15) is 26.3 Å². The molecule has 2 aromatic heterocycles. The van der Waals surface area contributed by atoms with Gasteiger partial charge in [-0.1, -0.05) is 20.3 Å². The molecule has 0 radical (unpaired) electrons. The molecule has 2 unspecified atom stereocenters. The monoisotopic (exact) mass is 304 g/mol. The molecule has 1 amide bonds. The van der Waals surface area contributed by atoms with Gasteiger partial charge in [0, 0.05) is 25.5 Å². The number of nitrogens with one attached hydrogen (secondary N) is 2. The first-order valence-corrected chi connectivity index (χ1v) is 7.23. The van der Waals surface area contributed by atoms with Gasteiger partial charge in [-0.3, -0.25) is 4.79 Å². The Hall–Kier alpha value is -2.58. The maximum absolute atomic E-state index is 12.4.